The van der Waals surface area contributed by atoms with E-state index in [1.165, 1.54) is 0 Å². The summed E-state index contributed by atoms with van der Waals surface area (Å²) < 4.78 is 10.3. The SMILES string of the molecule is COC1(OC)CCC(C(=O)O)C1. The van der Waals surface area contributed by atoms with Gasteiger partial charge in [-0.2, -0.15) is 0 Å². The molecule has 0 saturated heterocycles. The summed E-state index contributed by atoms with van der Waals surface area (Å²) >= 11 is 0. The van der Waals surface area contributed by atoms with Crippen LogP contribution >= 0.6 is 0 Å². The Hall–Kier alpha value is -0.610. The van der Waals surface area contributed by atoms with E-state index in [0.29, 0.717) is 19.3 Å². The minimum atomic E-state index is -0.758. The van der Waals surface area contributed by atoms with Crippen molar-refractivity contribution in [2.75, 3.05) is 14.2 Å². The van der Waals surface area contributed by atoms with Gasteiger partial charge in [0.05, 0.1) is 5.92 Å². The summed E-state index contributed by atoms with van der Waals surface area (Å²) in [6, 6.07) is 0. The van der Waals surface area contributed by atoms with Crippen LogP contribution in [0.15, 0.2) is 0 Å². The van der Waals surface area contributed by atoms with Crippen LogP contribution in [0.3, 0.4) is 0 Å². The van der Waals surface area contributed by atoms with Crippen LogP contribution in [0.4, 0.5) is 0 Å². The van der Waals surface area contributed by atoms with E-state index in [1.54, 1.807) is 14.2 Å². The lowest BCUT2D eigenvalue weighted by atomic mass is 10.1. The number of carboxylic acids is 1. The van der Waals surface area contributed by atoms with E-state index in [0.717, 1.165) is 0 Å². The van der Waals surface area contributed by atoms with E-state index in [2.05, 4.69) is 0 Å². The van der Waals surface area contributed by atoms with Crippen molar-refractivity contribution in [1.29, 1.82) is 0 Å². The Labute approximate surface area is 71.5 Å². The molecule has 0 spiro atoms. The highest BCUT2D eigenvalue weighted by Gasteiger charge is 2.42. The maximum absolute atomic E-state index is 10.6. The van der Waals surface area contributed by atoms with Crippen molar-refractivity contribution in [3.63, 3.8) is 0 Å². The molecular weight excluding hydrogens is 160 g/mol. The molecule has 4 nitrogen and oxygen atoms in total. The van der Waals surface area contributed by atoms with Gasteiger partial charge in [0, 0.05) is 27.1 Å². The van der Waals surface area contributed by atoms with E-state index in [1.807, 2.05) is 0 Å². The lowest BCUT2D eigenvalue weighted by molar-refractivity contribution is -0.203. The van der Waals surface area contributed by atoms with E-state index in [9.17, 15) is 4.79 Å². The molecule has 0 radical (unpaired) electrons. The fraction of sp³-hybridized carbons (Fsp3) is 0.875. The summed E-state index contributed by atoms with van der Waals surface area (Å²) in [5, 5.41) is 8.73. The van der Waals surface area contributed by atoms with Crippen molar-refractivity contribution in [1.82, 2.24) is 0 Å². The third-order valence-corrected chi connectivity index (χ3v) is 2.52. The number of methoxy groups -OCH3 is 2. The van der Waals surface area contributed by atoms with Gasteiger partial charge < -0.3 is 14.6 Å². The molecule has 1 rings (SSSR count). The average molecular weight is 174 g/mol. The quantitative estimate of drug-likeness (QED) is 0.645. The Bertz CT molecular complexity index is 174. The number of hydrogen-bond acceptors (Lipinski definition) is 3. The van der Waals surface area contributed by atoms with Gasteiger partial charge in [0.2, 0.25) is 0 Å². The second-order valence-electron chi connectivity index (χ2n) is 3.10. The summed E-state index contributed by atoms with van der Waals surface area (Å²) in [6.07, 6.45) is 1.75. The molecule has 1 aliphatic carbocycles. The van der Waals surface area contributed by atoms with Gasteiger partial charge in [-0.1, -0.05) is 0 Å². The molecule has 4 heteroatoms. The summed E-state index contributed by atoms with van der Waals surface area (Å²) in [5.74, 6) is -1.72. The highest BCUT2D eigenvalue weighted by atomic mass is 16.7. The van der Waals surface area contributed by atoms with Crippen LogP contribution in [0, 0.1) is 5.92 Å². The number of ether oxygens (including phenoxy) is 2. The molecule has 0 amide bonds. The minimum Gasteiger partial charge on any atom is -0.481 e. The first-order valence-corrected chi connectivity index (χ1v) is 3.96. The van der Waals surface area contributed by atoms with Crippen LogP contribution in [-0.2, 0) is 14.3 Å². The van der Waals surface area contributed by atoms with Crippen LogP contribution in [0.2, 0.25) is 0 Å². The molecule has 70 valence electrons. The zero-order valence-electron chi connectivity index (χ0n) is 7.37. The fourth-order valence-electron chi connectivity index (χ4n) is 1.64. The Kier molecular flexibility index (Phi) is 2.69. The largest absolute Gasteiger partial charge is 0.481 e. The molecule has 1 atom stereocenters. The van der Waals surface area contributed by atoms with Crippen LogP contribution < -0.4 is 0 Å². The fourth-order valence-corrected chi connectivity index (χ4v) is 1.64. The second kappa shape index (κ2) is 3.41. The van der Waals surface area contributed by atoms with Gasteiger partial charge in [0.15, 0.2) is 5.79 Å². The molecule has 1 N–H and O–H groups in total. The first-order valence-electron chi connectivity index (χ1n) is 3.96. The molecule has 1 aliphatic rings. The monoisotopic (exact) mass is 174 g/mol. The maximum atomic E-state index is 10.6. The lowest BCUT2D eigenvalue weighted by Gasteiger charge is -2.25. The average Bonchev–Trinajstić information content (AvgIpc) is 2.49. The Morgan fingerprint density at radius 2 is 2.08 bits per heavy atom. The van der Waals surface area contributed by atoms with Gasteiger partial charge in [-0.3, -0.25) is 4.79 Å². The van der Waals surface area contributed by atoms with E-state index in [-0.39, 0.29) is 5.92 Å². The van der Waals surface area contributed by atoms with Gasteiger partial charge in [0.1, 0.15) is 0 Å². The first-order chi connectivity index (χ1) is 5.63. The van der Waals surface area contributed by atoms with E-state index >= 15 is 0 Å². The molecule has 0 bridgehead atoms. The third kappa shape index (κ3) is 1.59. The predicted molar refractivity (Wildman–Crippen MR) is 41.7 cm³/mol. The van der Waals surface area contributed by atoms with Crippen molar-refractivity contribution < 1.29 is 19.4 Å². The first kappa shape index (κ1) is 9.48. The zero-order chi connectivity index (χ0) is 9.19. The smallest absolute Gasteiger partial charge is 0.306 e. The maximum Gasteiger partial charge on any atom is 0.306 e. The highest BCUT2D eigenvalue weighted by molar-refractivity contribution is 5.70. The molecule has 12 heavy (non-hydrogen) atoms. The van der Waals surface area contributed by atoms with Gasteiger partial charge in [-0.25, -0.2) is 0 Å². The Morgan fingerprint density at radius 1 is 1.50 bits per heavy atom. The van der Waals surface area contributed by atoms with E-state index < -0.39 is 11.8 Å². The lowest BCUT2D eigenvalue weighted by Crippen LogP contribution is -2.30. The molecule has 0 aliphatic heterocycles. The number of aliphatic carboxylic acids is 1. The third-order valence-electron chi connectivity index (χ3n) is 2.52. The van der Waals surface area contributed by atoms with Gasteiger partial charge in [-0.05, 0) is 6.42 Å². The molecule has 0 heterocycles. The normalized spacial score (nSPS) is 27.3. The van der Waals surface area contributed by atoms with Gasteiger partial charge >= 0.3 is 5.97 Å². The minimum absolute atomic E-state index is 0.315. The van der Waals surface area contributed by atoms with Crippen molar-refractivity contribution in [2.24, 2.45) is 5.92 Å². The van der Waals surface area contributed by atoms with Crippen molar-refractivity contribution in [2.45, 2.75) is 25.0 Å². The molecule has 0 aromatic heterocycles. The zero-order valence-corrected chi connectivity index (χ0v) is 7.37. The molecular formula is C8H14O4. The summed E-state index contributed by atoms with van der Waals surface area (Å²) in [5.41, 5.74) is 0. The van der Waals surface area contributed by atoms with Crippen LogP contribution in [-0.4, -0.2) is 31.1 Å². The van der Waals surface area contributed by atoms with Crippen LogP contribution in [0.5, 0.6) is 0 Å². The highest BCUT2D eigenvalue weighted by Crippen LogP contribution is 2.37. The molecule has 1 saturated carbocycles. The number of hydrogen-bond donors (Lipinski definition) is 1. The second-order valence-corrected chi connectivity index (χ2v) is 3.10. The van der Waals surface area contributed by atoms with Crippen molar-refractivity contribution in [3.05, 3.63) is 0 Å². The van der Waals surface area contributed by atoms with Gasteiger partial charge in [-0.15, -0.1) is 0 Å². The summed E-state index contributed by atoms with van der Waals surface area (Å²) in [7, 11) is 3.10. The number of carboxylic acid groups (broad SMARTS) is 1. The molecule has 1 fully saturated rings. The molecule has 0 aromatic carbocycles. The van der Waals surface area contributed by atoms with Crippen molar-refractivity contribution >= 4 is 5.97 Å². The topological polar surface area (TPSA) is 55.8 Å². The van der Waals surface area contributed by atoms with Crippen molar-refractivity contribution in [3.8, 4) is 0 Å². The number of rotatable bonds is 3. The summed E-state index contributed by atoms with van der Waals surface area (Å²) in [6.45, 7) is 0. The standard InChI is InChI=1S/C8H14O4/c1-11-8(12-2)4-3-6(5-8)7(9)10/h6H,3-5H2,1-2H3,(H,9,10). The van der Waals surface area contributed by atoms with Crippen LogP contribution in [0.1, 0.15) is 19.3 Å². The Balaban J connectivity index is 2.58. The van der Waals surface area contributed by atoms with Crippen LogP contribution in [0.25, 0.3) is 0 Å². The van der Waals surface area contributed by atoms with Gasteiger partial charge in [0.25, 0.3) is 0 Å². The predicted octanol–water partition coefficient (Wildman–Crippen LogP) is 0.860. The Morgan fingerprint density at radius 3 is 2.33 bits per heavy atom. The van der Waals surface area contributed by atoms with E-state index in [4.69, 9.17) is 14.6 Å². The molecule has 1 unspecified atom stereocenters. The number of carbonyl (C=O) groups is 1. The summed E-state index contributed by atoms with van der Waals surface area (Å²) in [4.78, 5) is 10.6. The molecule has 0 aromatic rings.